The van der Waals surface area contributed by atoms with Crippen molar-refractivity contribution in [2.24, 2.45) is 0 Å². The highest BCUT2D eigenvalue weighted by molar-refractivity contribution is 6.42. The van der Waals surface area contributed by atoms with Crippen LogP contribution in [0.1, 0.15) is 18.9 Å². The van der Waals surface area contributed by atoms with Gasteiger partial charge in [0.15, 0.2) is 0 Å². The molecule has 1 fully saturated rings. The van der Waals surface area contributed by atoms with Crippen molar-refractivity contribution < 1.29 is 4.74 Å². The Morgan fingerprint density at radius 2 is 2.20 bits per heavy atom. The SMILES string of the molecule is CCCNCC1COCCN1Cc1ccc(Cl)c(Cl)c1. The molecule has 0 aliphatic carbocycles. The number of halogens is 2. The maximum atomic E-state index is 6.08. The molecule has 0 bridgehead atoms. The summed E-state index contributed by atoms with van der Waals surface area (Å²) in [4.78, 5) is 2.45. The molecule has 0 spiro atoms. The van der Waals surface area contributed by atoms with Crippen LogP contribution in [0.5, 0.6) is 0 Å². The van der Waals surface area contributed by atoms with Crippen LogP contribution >= 0.6 is 23.2 Å². The molecule has 1 saturated heterocycles. The summed E-state index contributed by atoms with van der Waals surface area (Å²) in [7, 11) is 0. The minimum absolute atomic E-state index is 0.421. The standard InChI is InChI=1S/C15H22Cl2N2O/c1-2-5-18-9-13-11-20-7-6-19(13)10-12-3-4-14(16)15(17)8-12/h3-4,8,13,18H,2,5-7,9-11H2,1H3. The summed E-state index contributed by atoms with van der Waals surface area (Å²) in [6, 6.07) is 6.28. The summed E-state index contributed by atoms with van der Waals surface area (Å²) in [6.45, 7) is 7.63. The second-order valence-electron chi connectivity index (χ2n) is 5.15. The van der Waals surface area contributed by atoms with Crippen LogP contribution in [0.15, 0.2) is 18.2 Å². The summed E-state index contributed by atoms with van der Waals surface area (Å²) in [6.07, 6.45) is 1.15. The lowest BCUT2D eigenvalue weighted by molar-refractivity contribution is -0.0108. The van der Waals surface area contributed by atoms with Crippen molar-refractivity contribution in [3.05, 3.63) is 33.8 Å². The Balaban J connectivity index is 1.95. The molecule has 5 heteroatoms. The van der Waals surface area contributed by atoms with Crippen LogP contribution in [-0.2, 0) is 11.3 Å². The molecule has 1 heterocycles. The number of hydrogen-bond donors (Lipinski definition) is 1. The van der Waals surface area contributed by atoms with Gasteiger partial charge < -0.3 is 10.1 Å². The summed E-state index contributed by atoms with van der Waals surface area (Å²) in [5, 5.41) is 4.71. The van der Waals surface area contributed by atoms with Crippen molar-refractivity contribution in [2.45, 2.75) is 25.9 Å². The van der Waals surface area contributed by atoms with Gasteiger partial charge in [-0.1, -0.05) is 36.2 Å². The third-order valence-corrected chi connectivity index (χ3v) is 4.26. The average Bonchev–Trinajstić information content (AvgIpc) is 2.45. The fourth-order valence-corrected chi connectivity index (χ4v) is 2.72. The molecular formula is C15H22Cl2N2O. The highest BCUT2D eigenvalue weighted by Crippen LogP contribution is 2.24. The topological polar surface area (TPSA) is 24.5 Å². The number of ether oxygens (including phenoxy) is 1. The summed E-state index contributed by atoms with van der Waals surface area (Å²) in [5.74, 6) is 0. The van der Waals surface area contributed by atoms with Gasteiger partial charge in [-0.2, -0.15) is 0 Å². The highest BCUT2D eigenvalue weighted by atomic mass is 35.5. The Labute approximate surface area is 131 Å². The van der Waals surface area contributed by atoms with Crippen LogP contribution in [-0.4, -0.2) is 43.8 Å². The monoisotopic (exact) mass is 316 g/mol. The van der Waals surface area contributed by atoms with E-state index in [0.717, 1.165) is 45.8 Å². The van der Waals surface area contributed by atoms with Crippen molar-refractivity contribution in [1.82, 2.24) is 10.2 Å². The van der Waals surface area contributed by atoms with Crippen LogP contribution in [0.25, 0.3) is 0 Å². The molecule has 0 radical (unpaired) electrons. The van der Waals surface area contributed by atoms with E-state index >= 15 is 0 Å². The molecule has 1 aromatic rings. The third kappa shape index (κ3) is 4.61. The van der Waals surface area contributed by atoms with E-state index in [1.807, 2.05) is 18.2 Å². The molecule has 2 rings (SSSR count). The molecule has 1 atom stereocenters. The van der Waals surface area contributed by atoms with E-state index in [1.54, 1.807) is 0 Å². The van der Waals surface area contributed by atoms with Gasteiger partial charge in [-0.3, -0.25) is 4.90 Å². The zero-order chi connectivity index (χ0) is 14.4. The predicted molar refractivity (Wildman–Crippen MR) is 84.6 cm³/mol. The normalized spacial score (nSPS) is 20.2. The lowest BCUT2D eigenvalue weighted by atomic mass is 10.1. The minimum atomic E-state index is 0.421. The van der Waals surface area contributed by atoms with Crippen LogP contribution in [0.4, 0.5) is 0 Å². The molecule has 0 amide bonds. The van der Waals surface area contributed by atoms with Gasteiger partial charge in [0, 0.05) is 25.7 Å². The number of rotatable bonds is 6. The Morgan fingerprint density at radius 3 is 2.95 bits per heavy atom. The fourth-order valence-electron chi connectivity index (χ4n) is 2.40. The van der Waals surface area contributed by atoms with Crippen molar-refractivity contribution in [3.8, 4) is 0 Å². The van der Waals surface area contributed by atoms with E-state index in [9.17, 15) is 0 Å². The maximum Gasteiger partial charge on any atom is 0.0635 e. The summed E-state index contributed by atoms with van der Waals surface area (Å²) in [5.41, 5.74) is 1.20. The Bertz CT molecular complexity index is 428. The number of nitrogens with one attached hydrogen (secondary N) is 1. The van der Waals surface area contributed by atoms with E-state index < -0.39 is 0 Å². The van der Waals surface area contributed by atoms with E-state index in [1.165, 1.54) is 5.56 Å². The second kappa shape index (κ2) is 8.20. The largest absolute Gasteiger partial charge is 0.378 e. The Hall–Kier alpha value is -0.320. The van der Waals surface area contributed by atoms with Gasteiger partial charge in [0.2, 0.25) is 0 Å². The first kappa shape index (κ1) is 16.1. The number of hydrogen-bond acceptors (Lipinski definition) is 3. The molecule has 1 unspecified atom stereocenters. The molecule has 1 N–H and O–H groups in total. The quantitative estimate of drug-likeness (QED) is 0.816. The predicted octanol–water partition coefficient (Wildman–Crippen LogP) is 3.19. The van der Waals surface area contributed by atoms with Gasteiger partial charge in [-0.05, 0) is 30.7 Å². The Morgan fingerprint density at radius 1 is 1.35 bits per heavy atom. The number of nitrogens with zero attached hydrogens (tertiary/aromatic N) is 1. The maximum absolute atomic E-state index is 6.08. The highest BCUT2D eigenvalue weighted by Gasteiger charge is 2.22. The zero-order valence-corrected chi connectivity index (χ0v) is 13.4. The molecule has 0 saturated carbocycles. The van der Waals surface area contributed by atoms with Crippen LogP contribution in [0.3, 0.4) is 0 Å². The van der Waals surface area contributed by atoms with Crippen molar-refractivity contribution in [2.75, 3.05) is 32.8 Å². The van der Waals surface area contributed by atoms with Gasteiger partial charge >= 0.3 is 0 Å². The molecule has 1 aromatic carbocycles. The van der Waals surface area contributed by atoms with Crippen molar-refractivity contribution in [1.29, 1.82) is 0 Å². The van der Waals surface area contributed by atoms with Crippen molar-refractivity contribution >= 4 is 23.2 Å². The first-order valence-electron chi connectivity index (χ1n) is 7.17. The molecule has 0 aromatic heterocycles. The average molecular weight is 317 g/mol. The number of morpholine rings is 1. The van der Waals surface area contributed by atoms with E-state index in [0.29, 0.717) is 16.1 Å². The Kier molecular flexibility index (Phi) is 6.59. The van der Waals surface area contributed by atoms with Crippen LogP contribution in [0.2, 0.25) is 10.0 Å². The van der Waals surface area contributed by atoms with Crippen molar-refractivity contribution in [3.63, 3.8) is 0 Å². The van der Waals surface area contributed by atoms with E-state index in [-0.39, 0.29) is 0 Å². The van der Waals surface area contributed by atoms with E-state index in [4.69, 9.17) is 27.9 Å². The number of benzene rings is 1. The molecule has 1 aliphatic rings. The minimum Gasteiger partial charge on any atom is -0.378 e. The van der Waals surface area contributed by atoms with E-state index in [2.05, 4.69) is 17.1 Å². The van der Waals surface area contributed by atoms with Gasteiger partial charge in [0.1, 0.15) is 0 Å². The first-order chi connectivity index (χ1) is 9.70. The molecule has 20 heavy (non-hydrogen) atoms. The molecular weight excluding hydrogens is 295 g/mol. The van der Waals surface area contributed by atoms with Crippen LogP contribution < -0.4 is 5.32 Å². The van der Waals surface area contributed by atoms with Crippen LogP contribution in [0, 0.1) is 0 Å². The molecule has 3 nitrogen and oxygen atoms in total. The van der Waals surface area contributed by atoms with Gasteiger partial charge in [0.25, 0.3) is 0 Å². The summed E-state index contributed by atoms with van der Waals surface area (Å²) >= 11 is 12.0. The lowest BCUT2D eigenvalue weighted by Crippen LogP contribution is -2.49. The fraction of sp³-hybridized carbons (Fsp3) is 0.600. The molecule has 1 aliphatic heterocycles. The van der Waals surface area contributed by atoms with Gasteiger partial charge in [-0.15, -0.1) is 0 Å². The van der Waals surface area contributed by atoms with Gasteiger partial charge in [0.05, 0.1) is 23.3 Å². The first-order valence-corrected chi connectivity index (χ1v) is 7.92. The lowest BCUT2D eigenvalue weighted by Gasteiger charge is -2.35. The van der Waals surface area contributed by atoms with Gasteiger partial charge in [-0.25, -0.2) is 0 Å². The third-order valence-electron chi connectivity index (χ3n) is 3.53. The summed E-state index contributed by atoms with van der Waals surface area (Å²) < 4.78 is 5.59. The smallest absolute Gasteiger partial charge is 0.0635 e. The molecule has 112 valence electrons. The second-order valence-corrected chi connectivity index (χ2v) is 5.97. The zero-order valence-electron chi connectivity index (χ0n) is 11.9.